The van der Waals surface area contributed by atoms with Crippen LogP contribution in [0.25, 0.3) is 0 Å². The number of amides is 1. The largest absolute Gasteiger partial charge is 0.399 e. The van der Waals surface area contributed by atoms with Gasteiger partial charge in [-0.1, -0.05) is 12.1 Å². The van der Waals surface area contributed by atoms with Gasteiger partial charge in [-0.2, -0.15) is 0 Å². The van der Waals surface area contributed by atoms with E-state index >= 15 is 0 Å². The fourth-order valence-electron chi connectivity index (χ4n) is 1.85. The molecule has 2 rings (SSSR count). The minimum absolute atomic E-state index is 0.157. The van der Waals surface area contributed by atoms with Crippen molar-refractivity contribution in [2.75, 3.05) is 17.7 Å². The first-order chi connectivity index (χ1) is 9.69. The number of aryl methyl sites for hydroxylation is 1. The molecule has 0 aliphatic rings. The molecule has 1 heterocycles. The molecule has 104 valence electrons. The molecular weight excluding hydrogens is 254 g/mol. The maximum atomic E-state index is 12.0. The van der Waals surface area contributed by atoms with Crippen molar-refractivity contribution in [3.63, 3.8) is 0 Å². The van der Waals surface area contributed by atoms with Crippen LogP contribution in [-0.4, -0.2) is 22.6 Å². The molecule has 4 N–H and O–H groups in total. The average Bonchev–Trinajstić information content (AvgIpc) is 2.45. The van der Waals surface area contributed by atoms with Crippen LogP contribution in [0.4, 0.5) is 11.4 Å². The molecule has 0 saturated heterocycles. The number of hydrogen-bond acceptors (Lipinski definition) is 4. The molecule has 0 spiro atoms. The zero-order valence-electron chi connectivity index (χ0n) is 11.0. The first-order valence-corrected chi connectivity index (χ1v) is 6.42. The van der Waals surface area contributed by atoms with E-state index < -0.39 is 0 Å². The SMILES string of the molecule is Nc1ccnc(C(=O)Nc2cccc(CCCO)c2)c1. The van der Waals surface area contributed by atoms with E-state index in [4.69, 9.17) is 10.8 Å². The van der Waals surface area contributed by atoms with Crippen LogP contribution in [0.5, 0.6) is 0 Å². The van der Waals surface area contributed by atoms with Crippen molar-refractivity contribution in [1.82, 2.24) is 4.98 Å². The lowest BCUT2D eigenvalue weighted by Crippen LogP contribution is -2.14. The lowest BCUT2D eigenvalue weighted by molar-refractivity contribution is 0.102. The summed E-state index contributed by atoms with van der Waals surface area (Å²) in [5, 5.41) is 11.6. The van der Waals surface area contributed by atoms with Gasteiger partial charge in [-0.05, 0) is 42.7 Å². The number of nitrogens with one attached hydrogen (secondary N) is 1. The van der Waals surface area contributed by atoms with Gasteiger partial charge in [0, 0.05) is 24.2 Å². The Labute approximate surface area is 117 Å². The summed E-state index contributed by atoms with van der Waals surface area (Å²) >= 11 is 0. The monoisotopic (exact) mass is 271 g/mol. The zero-order valence-corrected chi connectivity index (χ0v) is 11.0. The molecule has 5 nitrogen and oxygen atoms in total. The zero-order chi connectivity index (χ0) is 14.4. The van der Waals surface area contributed by atoms with Gasteiger partial charge in [0.25, 0.3) is 5.91 Å². The fourth-order valence-corrected chi connectivity index (χ4v) is 1.85. The number of carbonyl (C=O) groups is 1. The van der Waals surface area contributed by atoms with Crippen LogP contribution >= 0.6 is 0 Å². The molecule has 5 heteroatoms. The maximum Gasteiger partial charge on any atom is 0.274 e. The molecule has 0 bridgehead atoms. The van der Waals surface area contributed by atoms with Crippen LogP contribution in [0.1, 0.15) is 22.5 Å². The third-order valence-electron chi connectivity index (χ3n) is 2.83. The highest BCUT2D eigenvalue weighted by molar-refractivity contribution is 6.03. The van der Waals surface area contributed by atoms with Crippen LogP contribution in [0, 0.1) is 0 Å². The highest BCUT2D eigenvalue weighted by Gasteiger charge is 2.08. The number of benzene rings is 1. The van der Waals surface area contributed by atoms with Crippen LogP contribution in [0.2, 0.25) is 0 Å². The number of pyridine rings is 1. The standard InChI is InChI=1S/C15H17N3O2/c16-12-6-7-17-14(10-12)15(20)18-13-5-1-3-11(9-13)4-2-8-19/h1,3,5-7,9-10,19H,2,4,8H2,(H2,16,17)(H,18,20). The van der Waals surface area contributed by atoms with Crippen LogP contribution in [-0.2, 0) is 6.42 Å². The van der Waals surface area contributed by atoms with E-state index in [0.29, 0.717) is 17.8 Å². The number of nitrogen functional groups attached to an aromatic ring is 1. The van der Waals surface area contributed by atoms with Gasteiger partial charge in [0.2, 0.25) is 0 Å². The topological polar surface area (TPSA) is 88.2 Å². The van der Waals surface area contributed by atoms with Crippen molar-refractivity contribution < 1.29 is 9.90 Å². The highest BCUT2D eigenvalue weighted by Crippen LogP contribution is 2.13. The summed E-state index contributed by atoms with van der Waals surface area (Å²) in [5.41, 5.74) is 8.18. The van der Waals surface area contributed by atoms with Gasteiger partial charge in [0.1, 0.15) is 5.69 Å². The number of rotatable bonds is 5. The Balaban J connectivity index is 2.07. The van der Waals surface area contributed by atoms with E-state index in [1.807, 2.05) is 24.3 Å². The summed E-state index contributed by atoms with van der Waals surface area (Å²) in [6, 6.07) is 10.7. The smallest absolute Gasteiger partial charge is 0.274 e. The van der Waals surface area contributed by atoms with Crippen molar-refractivity contribution >= 4 is 17.3 Å². The van der Waals surface area contributed by atoms with Crippen molar-refractivity contribution in [1.29, 1.82) is 0 Å². The van der Waals surface area contributed by atoms with Gasteiger partial charge < -0.3 is 16.2 Å². The molecule has 0 radical (unpaired) electrons. The molecule has 0 saturated carbocycles. The van der Waals surface area contributed by atoms with E-state index in [1.165, 1.54) is 12.3 Å². The quantitative estimate of drug-likeness (QED) is 0.774. The number of nitrogens with two attached hydrogens (primary N) is 1. The Morgan fingerprint density at radius 2 is 2.15 bits per heavy atom. The van der Waals surface area contributed by atoms with E-state index in [2.05, 4.69) is 10.3 Å². The number of carbonyl (C=O) groups excluding carboxylic acids is 1. The lowest BCUT2D eigenvalue weighted by Gasteiger charge is -2.07. The number of aliphatic hydroxyl groups is 1. The molecule has 0 unspecified atom stereocenters. The number of nitrogens with zero attached hydrogens (tertiary/aromatic N) is 1. The molecule has 2 aromatic rings. The first-order valence-electron chi connectivity index (χ1n) is 6.42. The summed E-state index contributed by atoms with van der Waals surface area (Å²) in [4.78, 5) is 16.0. The summed E-state index contributed by atoms with van der Waals surface area (Å²) in [6.07, 6.45) is 2.98. The van der Waals surface area contributed by atoms with Gasteiger partial charge in [0.05, 0.1) is 0 Å². The second-order valence-corrected chi connectivity index (χ2v) is 4.46. The predicted molar refractivity (Wildman–Crippen MR) is 78.5 cm³/mol. The molecule has 1 aromatic heterocycles. The molecule has 0 aliphatic carbocycles. The number of hydrogen-bond donors (Lipinski definition) is 3. The first kappa shape index (κ1) is 14.0. The van der Waals surface area contributed by atoms with Crippen molar-refractivity contribution in [2.24, 2.45) is 0 Å². The predicted octanol–water partition coefficient (Wildman–Crippen LogP) is 1.84. The van der Waals surface area contributed by atoms with E-state index in [0.717, 1.165) is 12.0 Å². The molecule has 1 aromatic carbocycles. The normalized spacial score (nSPS) is 10.2. The van der Waals surface area contributed by atoms with Gasteiger partial charge in [-0.3, -0.25) is 9.78 Å². The fraction of sp³-hybridized carbons (Fsp3) is 0.200. The summed E-state index contributed by atoms with van der Waals surface area (Å²) in [5.74, 6) is -0.295. The molecule has 0 fully saturated rings. The second-order valence-electron chi connectivity index (χ2n) is 4.46. The minimum Gasteiger partial charge on any atom is -0.399 e. The Kier molecular flexibility index (Phi) is 4.68. The van der Waals surface area contributed by atoms with Crippen LogP contribution in [0.3, 0.4) is 0 Å². The molecule has 0 atom stereocenters. The third-order valence-corrected chi connectivity index (χ3v) is 2.83. The Morgan fingerprint density at radius 1 is 1.30 bits per heavy atom. The molecular formula is C15H17N3O2. The van der Waals surface area contributed by atoms with Crippen LogP contribution in [0.15, 0.2) is 42.6 Å². The Hall–Kier alpha value is -2.40. The number of anilines is 2. The van der Waals surface area contributed by atoms with Gasteiger partial charge in [0.15, 0.2) is 0 Å². The number of aromatic nitrogens is 1. The van der Waals surface area contributed by atoms with E-state index in [9.17, 15) is 4.79 Å². The Bertz CT molecular complexity index is 599. The Morgan fingerprint density at radius 3 is 2.90 bits per heavy atom. The molecule has 0 aliphatic heterocycles. The summed E-state index contributed by atoms with van der Waals surface area (Å²) < 4.78 is 0. The molecule has 1 amide bonds. The summed E-state index contributed by atoms with van der Waals surface area (Å²) in [7, 11) is 0. The number of aliphatic hydroxyl groups excluding tert-OH is 1. The van der Waals surface area contributed by atoms with Gasteiger partial charge >= 0.3 is 0 Å². The van der Waals surface area contributed by atoms with Crippen LogP contribution < -0.4 is 11.1 Å². The molecule has 20 heavy (non-hydrogen) atoms. The second kappa shape index (κ2) is 6.68. The van der Waals surface area contributed by atoms with E-state index in [-0.39, 0.29) is 18.2 Å². The lowest BCUT2D eigenvalue weighted by atomic mass is 10.1. The van der Waals surface area contributed by atoms with Crippen molar-refractivity contribution in [3.8, 4) is 0 Å². The minimum atomic E-state index is -0.295. The average molecular weight is 271 g/mol. The maximum absolute atomic E-state index is 12.0. The van der Waals surface area contributed by atoms with E-state index in [1.54, 1.807) is 6.07 Å². The van der Waals surface area contributed by atoms with Crippen molar-refractivity contribution in [2.45, 2.75) is 12.8 Å². The van der Waals surface area contributed by atoms with Gasteiger partial charge in [-0.25, -0.2) is 0 Å². The summed E-state index contributed by atoms with van der Waals surface area (Å²) in [6.45, 7) is 0.157. The third kappa shape index (κ3) is 3.80. The van der Waals surface area contributed by atoms with Gasteiger partial charge in [-0.15, -0.1) is 0 Å². The highest BCUT2D eigenvalue weighted by atomic mass is 16.2. The van der Waals surface area contributed by atoms with Crippen molar-refractivity contribution in [3.05, 3.63) is 53.9 Å².